The molecule has 0 aliphatic heterocycles. The lowest BCUT2D eigenvalue weighted by Crippen LogP contribution is -2.43. The number of methoxy groups -OCH3 is 1. The number of carbonyl (C=O) groups excluding carboxylic acids is 1. The summed E-state index contributed by atoms with van der Waals surface area (Å²) in [6.07, 6.45) is -4.39. The van der Waals surface area contributed by atoms with Crippen molar-refractivity contribution in [3.05, 3.63) is 0 Å². The van der Waals surface area contributed by atoms with Crippen molar-refractivity contribution in [1.29, 1.82) is 0 Å². The fourth-order valence-corrected chi connectivity index (χ4v) is 1.16. The zero-order valence-electron chi connectivity index (χ0n) is 9.59. The molecule has 17 heavy (non-hydrogen) atoms. The monoisotopic (exact) mass is 258 g/mol. The Hall–Kier alpha value is -0.860. The van der Waals surface area contributed by atoms with Crippen LogP contribution in [0.15, 0.2) is 0 Å². The molecule has 0 saturated heterocycles. The molecule has 0 unspecified atom stereocenters. The van der Waals surface area contributed by atoms with Crippen LogP contribution >= 0.6 is 0 Å². The minimum atomic E-state index is -4.39. The van der Waals surface area contributed by atoms with Gasteiger partial charge in [-0.15, -0.1) is 0 Å². The number of nitrogens with one attached hydrogen (secondary N) is 1. The standard InChI is InChI=1S/C9H17F3N2O3/c1-17-5-2-13-8(16)6-14(3-4-15)7-9(10,11)12/h15H,2-7H2,1H3,(H,13,16). The lowest BCUT2D eigenvalue weighted by atomic mass is 10.4. The van der Waals surface area contributed by atoms with Gasteiger partial charge in [0.25, 0.3) is 0 Å². The highest BCUT2D eigenvalue weighted by Crippen LogP contribution is 2.15. The van der Waals surface area contributed by atoms with Gasteiger partial charge < -0.3 is 15.2 Å². The van der Waals surface area contributed by atoms with E-state index in [1.807, 2.05) is 0 Å². The predicted molar refractivity (Wildman–Crippen MR) is 54.5 cm³/mol. The smallest absolute Gasteiger partial charge is 0.395 e. The van der Waals surface area contributed by atoms with Crippen molar-refractivity contribution >= 4 is 5.91 Å². The van der Waals surface area contributed by atoms with Crippen molar-refractivity contribution in [2.24, 2.45) is 0 Å². The van der Waals surface area contributed by atoms with Gasteiger partial charge in [0.05, 0.1) is 26.3 Å². The first-order valence-electron chi connectivity index (χ1n) is 5.04. The maximum absolute atomic E-state index is 12.1. The molecule has 0 atom stereocenters. The third-order valence-electron chi connectivity index (χ3n) is 1.81. The van der Waals surface area contributed by atoms with Crippen LogP contribution in [0.5, 0.6) is 0 Å². The molecule has 0 aromatic carbocycles. The Balaban J connectivity index is 4.01. The van der Waals surface area contributed by atoms with Gasteiger partial charge in [0, 0.05) is 20.2 Å². The number of ether oxygens (including phenoxy) is 1. The number of rotatable bonds is 8. The molecule has 0 aliphatic rings. The Labute approximate surface area is 97.5 Å². The molecule has 1 amide bonds. The molecule has 8 heteroatoms. The van der Waals surface area contributed by atoms with Crippen molar-refractivity contribution < 1.29 is 27.8 Å². The number of carbonyl (C=O) groups is 1. The first kappa shape index (κ1) is 16.1. The average Bonchev–Trinajstić information content (AvgIpc) is 2.15. The van der Waals surface area contributed by atoms with Gasteiger partial charge in [-0.05, 0) is 0 Å². The van der Waals surface area contributed by atoms with Crippen LogP contribution in [-0.2, 0) is 9.53 Å². The molecule has 0 radical (unpaired) electrons. The van der Waals surface area contributed by atoms with Gasteiger partial charge in [0.1, 0.15) is 0 Å². The number of alkyl halides is 3. The summed E-state index contributed by atoms with van der Waals surface area (Å²) < 4.78 is 41.0. The van der Waals surface area contributed by atoms with Crippen LogP contribution in [-0.4, -0.2) is 68.6 Å². The lowest BCUT2D eigenvalue weighted by Gasteiger charge is -2.21. The summed E-state index contributed by atoms with van der Waals surface area (Å²) in [4.78, 5) is 12.1. The van der Waals surface area contributed by atoms with E-state index >= 15 is 0 Å². The van der Waals surface area contributed by atoms with E-state index in [9.17, 15) is 18.0 Å². The van der Waals surface area contributed by atoms with Crippen LogP contribution in [0, 0.1) is 0 Å². The van der Waals surface area contributed by atoms with Crippen LogP contribution in [0.1, 0.15) is 0 Å². The maximum Gasteiger partial charge on any atom is 0.401 e. The summed E-state index contributed by atoms with van der Waals surface area (Å²) in [5.74, 6) is -0.528. The van der Waals surface area contributed by atoms with E-state index < -0.39 is 31.8 Å². The molecular formula is C9H17F3N2O3. The van der Waals surface area contributed by atoms with E-state index in [1.165, 1.54) is 7.11 Å². The molecule has 0 bridgehead atoms. The van der Waals surface area contributed by atoms with E-state index in [-0.39, 0.29) is 13.1 Å². The van der Waals surface area contributed by atoms with Crippen molar-refractivity contribution in [3.8, 4) is 0 Å². The summed E-state index contributed by atoms with van der Waals surface area (Å²) in [5.41, 5.74) is 0. The molecule has 5 nitrogen and oxygen atoms in total. The Morgan fingerprint density at radius 3 is 2.59 bits per heavy atom. The number of halogens is 3. The van der Waals surface area contributed by atoms with Gasteiger partial charge in [0.15, 0.2) is 0 Å². The Morgan fingerprint density at radius 2 is 2.12 bits per heavy atom. The number of nitrogens with zero attached hydrogens (tertiary/aromatic N) is 1. The van der Waals surface area contributed by atoms with Crippen LogP contribution in [0.25, 0.3) is 0 Å². The maximum atomic E-state index is 12.1. The SMILES string of the molecule is COCCNC(=O)CN(CCO)CC(F)(F)F. The molecule has 102 valence electrons. The topological polar surface area (TPSA) is 61.8 Å². The fraction of sp³-hybridized carbons (Fsp3) is 0.889. The molecule has 2 N–H and O–H groups in total. The first-order valence-corrected chi connectivity index (χ1v) is 5.04. The van der Waals surface area contributed by atoms with Gasteiger partial charge in [-0.3, -0.25) is 9.69 Å². The van der Waals surface area contributed by atoms with Crippen molar-refractivity contribution in [1.82, 2.24) is 10.2 Å². The Kier molecular flexibility index (Phi) is 7.85. The zero-order valence-corrected chi connectivity index (χ0v) is 9.59. The second kappa shape index (κ2) is 8.26. The van der Waals surface area contributed by atoms with E-state index in [2.05, 4.69) is 10.1 Å². The molecule has 0 saturated carbocycles. The van der Waals surface area contributed by atoms with Gasteiger partial charge in [-0.2, -0.15) is 13.2 Å². The largest absolute Gasteiger partial charge is 0.401 e. The summed E-state index contributed by atoms with van der Waals surface area (Å²) in [6.45, 7) is -1.70. The summed E-state index contributed by atoms with van der Waals surface area (Å²) in [7, 11) is 1.45. The van der Waals surface area contributed by atoms with E-state index in [1.54, 1.807) is 0 Å². The molecule has 0 spiro atoms. The third-order valence-corrected chi connectivity index (χ3v) is 1.81. The molecule has 0 aromatic rings. The van der Waals surface area contributed by atoms with Crippen LogP contribution in [0.2, 0.25) is 0 Å². The lowest BCUT2D eigenvalue weighted by molar-refractivity contribution is -0.149. The van der Waals surface area contributed by atoms with Crippen molar-refractivity contribution in [2.75, 3.05) is 46.5 Å². The average molecular weight is 258 g/mol. The fourth-order valence-electron chi connectivity index (χ4n) is 1.16. The van der Waals surface area contributed by atoms with E-state index in [4.69, 9.17) is 5.11 Å². The van der Waals surface area contributed by atoms with Crippen LogP contribution in [0.3, 0.4) is 0 Å². The van der Waals surface area contributed by atoms with Gasteiger partial charge in [-0.1, -0.05) is 0 Å². The van der Waals surface area contributed by atoms with Crippen LogP contribution < -0.4 is 5.32 Å². The van der Waals surface area contributed by atoms with Crippen LogP contribution in [0.4, 0.5) is 13.2 Å². The summed E-state index contributed by atoms with van der Waals surface area (Å²) in [5, 5.41) is 11.0. The number of aliphatic hydroxyl groups is 1. The molecule has 0 aromatic heterocycles. The summed E-state index contributed by atoms with van der Waals surface area (Å²) >= 11 is 0. The van der Waals surface area contributed by atoms with Crippen molar-refractivity contribution in [3.63, 3.8) is 0 Å². The Bertz CT molecular complexity index is 224. The summed E-state index contributed by atoms with van der Waals surface area (Å²) in [6, 6.07) is 0. The Morgan fingerprint density at radius 1 is 1.47 bits per heavy atom. The van der Waals surface area contributed by atoms with Gasteiger partial charge >= 0.3 is 6.18 Å². The molecule has 0 heterocycles. The first-order chi connectivity index (χ1) is 7.89. The third kappa shape index (κ3) is 10.0. The highest BCUT2D eigenvalue weighted by molar-refractivity contribution is 5.77. The molecule has 0 aliphatic carbocycles. The number of amides is 1. The zero-order chi connectivity index (χ0) is 13.3. The van der Waals surface area contributed by atoms with Gasteiger partial charge in [0.2, 0.25) is 5.91 Å². The van der Waals surface area contributed by atoms with Crippen molar-refractivity contribution in [2.45, 2.75) is 6.18 Å². The van der Waals surface area contributed by atoms with E-state index in [0.717, 1.165) is 4.90 Å². The molecule has 0 rings (SSSR count). The second-order valence-corrected chi connectivity index (χ2v) is 3.39. The predicted octanol–water partition coefficient (Wildman–Crippen LogP) is -0.394. The van der Waals surface area contributed by atoms with Gasteiger partial charge in [-0.25, -0.2) is 0 Å². The molecular weight excluding hydrogens is 241 g/mol. The number of hydrogen-bond acceptors (Lipinski definition) is 4. The highest BCUT2D eigenvalue weighted by Gasteiger charge is 2.31. The molecule has 0 fully saturated rings. The minimum absolute atomic E-state index is 0.197. The minimum Gasteiger partial charge on any atom is -0.395 e. The normalized spacial score (nSPS) is 11.9. The quantitative estimate of drug-likeness (QED) is 0.582. The van der Waals surface area contributed by atoms with E-state index in [0.29, 0.717) is 6.61 Å². The highest BCUT2D eigenvalue weighted by atomic mass is 19.4. The second-order valence-electron chi connectivity index (χ2n) is 3.39. The number of hydrogen-bond donors (Lipinski definition) is 2. The number of aliphatic hydroxyl groups excluding tert-OH is 1.